The Kier molecular flexibility index (Phi) is 17.6. The molecule has 0 unspecified atom stereocenters. The molecule has 0 aliphatic rings. The first kappa shape index (κ1) is 29.4. The second-order valence-corrected chi connectivity index (χ2v) is 9.44. The summed E-state index contributed by atoms with van der Waals surface area (Å²) in [7, 11) is 0. The van der Waals surface area contributed by atoms with E-state index in [0.29, 0.717) is 12.8 Å². The lowest BCUT2D eigenvalue weighted by atomic mass is 9.91. The number of rotatable bonds is 21. The van der Waals surface area contributed by atoms with E-state index in [1.807, 2.05) is 30.3 Å². The van der Waals surface area contributed by atoms with E-state index in [9.17, 15) is 14.7 Å². The molecule has 1 aromatic carbocycles. The molecule has 0 heterocycles. The third-order valence-electron chi connectivity index (χ3n) is 6.36. The van der Waals surface area contributed by atoms with Crippen LogP contribution in [-0.2, 0) is 20.9 Å². The number of aliphatic hydroxyl groups is 1. The summed E-state index contributed by atoms with van der Waals surface area (Å²) < 4.78 is 5.50. The number of carbonyl (C=O) groups excluding carboxylic acids is 2. The molecule has 0 spiro atoms. The van der Waals surface area contributed by atoms with Crippen molar-refractivity contribution in [2.45, 2.75) is 129 Å². The van der Waals surface area contributed by atoms with E-state index in [2.05, 4.69) is 13.8 Å². The number of esters is 1. The number of ketones is 1. The molecule has 1 aromatic rings. The molecule has 0 saturated carbocycles. The minimum atomic E-state index is -0.957. The van der Waals surface area contributed by atoms with Gasteiger partial charge in [-0.15, -0.1) is 0 Å². The smallest absolute Gasteiger partial charge is 0.311 e. The van der Waals surface area contributed by atoms with Crippen molar-refractivity contribution in [1.82, 2.24) is 0 Å². The molecule has 188 valence electrons. The number of hydrogen-bond acceptors (Lipinski definition) is 4. The fourth-order valence-electron chi connectivity index (χ4n) is 4.20. The number of unbranched alkanes of at least 4 members (excludes halogenated alkanes) is 11. The number of Topliss-reactive ketones (excluding diaryl/α,β-unsaturated/α-hetero) is 1. The minimum absolute atomic E-state index is 0.0515. The molecule has 0 aliphatic carbocycles. The van der Waals surface area contributed by atoms with E-state index in [1.54, 1.807) is 0 Å². The number of hydrogen-bond donors (Lipinski definition) is 1. The first-order chi connectivity index (χ1) is 16.1. The van der Waals surface area contributed by atoms with Crippen LogP contribution in [0.25, 0.3) is 0 Å². The summed E-state index contributed by atoms with van der Waals surface area (Å²) in [6.07, 6.45) is 15.2. The van der Waals surface area contributed by atoms with Crippen LogP contribution >= 0.6 is 0 Å². The highest BCUT2D eigenvalue weighted by Crippen LogP contribution is 2.21. The monoisotopic (exact) mass is 460 g/mol. The van der Waals surface area contributed by atoms with E-state index in [1.165, 1.54) is 44.9 Å². The van der Waals surface area contributed by atoms with Gasteiger partial charge in [-0.2, -0.15) is 0 Å². The molecule has 0 aliphatic heterocycles. The third kappa shape index (κ3) is 15.0. The van der Waals surface area contributed by atoms with E-state index in [4.69, 9.17) is 4.74 Å². The first-order valence-electron chi connectivity index (χ1n) is 13.5. The average Bonchev–Trinajstić information content (AvgIpc) is 2.82. The molecule has 4 heteroatoms. The SMILES string of the molecule is CCCCCCCCCCCC(=O)C[C@H](O)[C@H](CCCCCC)C(=O)OCc1ccccc1. The molecule has 4 nitrogen and oxygen atoms in total. The highest BCUT2D eigenvalue weighted by atomic mass is 16.5. The zero-order valence-electron chi connectivity index (χ0n) is 21.2. The van der Waals surface area contributed by atoms with Crippen molar-refractivity contribution in [2.24, 2.45) is 5.92 Å². The number of ether oxygens (including phenoxy) is 1. The average molecular weight is 461 g/mol. The van der Waals surface area contributed by atoms with Crippen LogP contribution in [0.3, 0.4) is 0 Å². The Balaban J connectivity index is 2.37. The van der Waals surface area contributed by atoms with E-state index >= 15 is 0 Å². The van der Waals surface area contributed by atoms with Crippen molar-refractivity contribution in [1.29, 1.82) is 0 Å². The zero-order valence-corrected chi connectivity index (χ0v) is 21.2. The van der Waals surface area contributed by atoms with Gasteiger partial charge in [-0.05, 0) is 18.4 Å². The fourth-order valence-corrected chi connectivity index (χ4v) is 4.20. The van der Waals surface area contributed by atoms with Gasteiger partial charge in [-0.3, -0.25) is 9.59 Å². The molecular formula is C29H48O4. The first-order valence-corrected chi connectivity index (χ1v) is 13.5. The molecule has 0 saturated heterocycles. The van der Waals surface area contributed by atoms with Crippen LogP contribution in [0.1, 0.15) is 122 Å². The highest BCUT2D eigenvalue weighted by Gasteiger charge is 2.29. The van der Waals surface area contributed by atoms with Gasteiger partial charge in [-0.1, -0.05) is 121 Å². The van der Waals surface area contributed by atoms with Crippen molar-refractivity contribution in [3.05, 3.63) is 35.9 Å². The Hall–Kier alpha value is -1.68. The Morgan fingerprint density at radius 3 is 1.94 bits per heavy atom. The molecule has 1 rings (SSSR count). The van der Waals surface area contributed by atoms with Gasteiger partial charge < -0.3 is 9.84 Å². The normalized spacial score (nSPS) is 12.9. The summed E-state index contributed by atoms with van der Waals surface area (Å²) >= 11 is 0. The summed E-state index contributed by atoms with van der Waals surface area (Å²) in [6.45, 7) is 4.58. The van der Waals surface area contributed by atoms with Crippen molar-refractivity contribution >= 4 is 11.8 Å². The van der Waals surface area contributed by atoms with Crippen LogP contribution in [0.15, 0.2) is 30.3 Å². The second-order valence-electron chi connectivity index (χ2n) is 9.44. The van der Waals surface area contributed by atoms with Crippen LogP contribution in [0.4, 0.5) is 0 Å². The van der Waals surface area contributed by atoms with E-state index in [0.717, 1.165) is 44.1 Å². The standard InChI is InChI=1S/C29H48O4/c1-3-5-7-9-10-11-12-13-17-21-26(30)23-28(31)27(22-18-8-6-4-2)29(32)33-24-25-19-15-14-16-20-25/h14-16,19-20,27-28,31H,3-13,17-18,21-24H2,1-2H3/t27-,28-/m0/s1. The van der Waals surface area contributed by atoms with Crippen molar-refractivity contribution < 1.29 is 19.4 Å². The van der Waals surface area contributed by atoms with Crippen LogP contribution in [0.2, 0.25) is 0 Å². The minimum Gasteiger partial charge on any atom is -0.461 e. The molecule has 0 amide bonds. The fraction of sp³-hybridized carbons (Fsp3) is 0.724. The van der Waals surface area contributed by atoms with Gasteiger partial charge in [0.1, 0.15) is 12.4 Å². The van der Waals surface area contributed by atoms with Gasteiger partial charge in [0, 0.05) is 12.8 Å². The molecule has 0 fully saturated rings. The van der Waals surface area contributed by atoms with Crippen LogP contribution in [-0.4, -0.2) is 23.0 Å². The van der Waals surface area contributed by atoms with Crippen LogP contribution in [0, 0.1) is 5.92 Å². The van der Waals surface area contributed by atoms with Crippen molar-refractivity contribution in [3.8, 4) is 0 Å². The largest absolute Gasteiger partial charge is 0.461 e. The van der Waals surface area contributed by atoms with Gasteiger partial charge in [0.15, 0.2) is 0 Å². The zero-order chi connectivity index (χ0) is 24.2. The van der Waals surface area contributed by atoms with Gasteiger partial charge in [-0.25, -0.2) is 0 Å². The summed E-state index contributed by atoms with van der Waals surface area (Å²) in [5, 5.41) is 10.7. The van der Waals surface area contributed by atoms with Gasteiger partial charge >= 0.3 is 5.97 Å². The molecule has 2 atom stereocenters. The predicted molar refractivity (Wildman–Crippen MR) is 136 cm³/mol. The summed E-state index contributed by atoms with van der Waals surface area (Å²) in [4.78, 5) is 25.2. The highest BCUT2D eigenvalue weighted by molar-refractivity contribution is 5.80. The van der Waals surface area contributed by atoms with Gasteiger partial charge in [0.2, 0.25) is 0 Å². The number of aliphatic hydroxyl groups excluding tert-OH is 1. The van der Waals surface area contributed by atoms with E-state index < -0.39 is 18.0 Å². The maximum atomic E-state index is 12.7. The number of carbonyl (C=O) groups is 2. The Morgan fingerprint density at radius 1 is 0.788 bits per heavy atom. The Bertz CT molecular complexity index is 613. The molecule has 0 bridgehead atoms. The predicted octanol–water partition coefficient (Wildman–Crippen LogP) is 7.56. The Labute approximate surface area is 202 Å². The quantitative estimate of drug-likeness (QED) is 0.152. The van der Waals surface area contributed by atoms with Crippen LogP contribution < -0.4 is 0 Å². The molecule has 1 N–H and O–H groups in total. The summed E-state index contributed by atoms with van der Waals surface area (Å²) in [5.41, 5.74) is 0.923. The lowest BCUT2D eigenvalue weighted by molar-refractivity contribution is -0.154. The topological polar surface area (TPSA) is 63.6 Å². The van der Waals surface area contributed by atoms with Crippen molar-refractivity contribution in [2.75, 3.05) is 0 Å². The lowest BCUT2D eigenvalue weighted by Gasteiger charge is -2.21. The summed E-state index contributed by atoms with van der Waals surface area (Å²) in [6, 6.07) is 9.56. The Morgan fingerprint density at radius 2 is 1.33 bits per heavy atom. The third-order valence-corrected chi connectivity index (χ3v) is 6.36. The van der Waals surface area contributed by atoms with Crippen LogP contribution in [0.5, 0.6) is 0 Å². The van der Waals surface area contributed by atoms with Crippen molar-refractivity contribution in [3.63, 3.8) is 0 Å². The number of benzene rings is 1. The van der Waals surface area contributed by atoms with E-state index in [-0.39, 0.29) is 18.8 Å². The second kappa shape index (κ2) is 19.8. The molecule has 0 aromatic heterocycles. The van der Waals surface area contributed by atoms with Gasteiger partial charge in [0.05, 0.1) is 12.0 Å². The molecule has 33 heavy (non-hydrogen) atoms. The molecule has 0 radical (unpaired) electrons. The lowest BCUT2D eigenvalue weighted by Crippen LogP contribution is -2.32. The molecular weight excluding hydrogens is 412 g/mol. The van der Waals surface area contributed by atoms with Gasteiger partial charge in [0.25, 0.3) is 0 Å². The maximum absolute atomic E-state index is 12.7. The maximum Gasteiger partial charge on any atom is 0.311 e. The summed E-state index contributed by atoms with van der Waals surface area (Å²) in [5.74, 6) is -0.962.